The van der Waals surface area contributed by atoms with Gasteiger partial charge in [-0.3, -0.25) is 4.79 Å². The Balaban J connectivity index is 1.93. The summed E-state index contributed by atoms with van der Waals surface area (Å²) in [5, 5.41) is 10.2. The van der Waals surface area contributed by atoms with Gasteiger partial charge in [0, 0.05) is 26.2 Å². The molecule has 1 atom stereocenters. The fourth-order valence-electron chi connectivity index (χ4n) is 2.76. The van der Waals surface area contributed by atoms with E-state index in [1.54, 1.807) is 12.1 Å². The van der Waals surface area contributed by atoms with Crippen LogP contribution in [-0.2, 0) is 4.79 Å². The Morgan fingerprint density at radius 2 is 1.70 bits per heavy atom. The molecule has 0 spiro atoms. The van der Waals surface area contributed by atoms with Gasteiger partial charge < -0.3 is 14.9 Å². The summed E-state index contributed by atoms with van der Waals surface area (Å²) in [4.78, 5) is 16.1. The molecule has 0 saturated carbocycles. The minimum absolute atomic E-state index is 0.0936. The van der Waals surface area contributed by atoms with Gasteiger partial charge in [0.25, 0.3) is 5.91 Å². The fourth-order valence-corrected chi connectivity index (χ4v) is 2.76. The molecule has 0 bridgehead atoms. The van der Waals surface area contributed by atoms with E-state index < -0.39 is 23.6 Å². The van der Waals surface area contributed by atoms with Crippen LogP contribution in [0.4, 0.5) is 20.2 Å². The second kappa shape index (κ2) is 5.96. The lowest BCUT2D eigenvalue weighted by Gasteiger charge is -2.36. The fraction of sp³-hybridized carbons (Fsp3) is 0.235. The zero-order valence-electron chi connectivity index (χ0n) is 12.5. The molecule has 23 heavy (non-hydrogen) atoms. The van der Waals surface area contributed by atoms with Gasteiger partial charge in [0.1, 0.15) is 11.6 Å². The second-order valence-electron chi connectivity index (χ2n) is 5.51. The highest BCUT2D eigenvalue weighted by molar-refractivity contribution is 6.00. The molecule has 1 aliphatic heterocycles. The highest BCUT2D eigenvalue weighted by Gasteiger charge is 2.30. The SMILES string of the molecule is CN1CCN(C(=O)C(O)c2cc(F)cc(F)c2)c2ccccc21. The van der Waals surface area contributed by atoms with Crippen LogP contribution in [0.1, 0.15) is 11.7 Å². The number of nitrogens with zero attached hydrogens (tertiary/aromatic N) is 2. The van der Waals surface area contributed by atoms with Crippen LogP contribution in [0.5, 0.6) is 0 Å². The van der Waals surface area contributed by atoms with Crippen LogP contribution in [0.3, 0.4) is 0 Å². The first-order valence-electron chi connectivity index (χ1n) is 7.23. The Hall–Kier alpha value is -2.47. The highest BCUT2D eigenvalue weighted by atomic mass is 19.1. The molecule has 120 valence electrons. The van der Waals surface area contributed by atoms with E-state index in [4.69, 9.17) is 0 Å². The predicted octanol–water partition coefficient (Wildman–Crippen LogP) is 2.48. The maximum Gasteiger partial charge on any atom is 0.260 e. The standard InChI is InChI=1S/C17H16F2N2O2/c1-20-6-7-21(15-5-3-2-4-14(15)20)17(23)16(22)11-8-12(18)10-13(19)9-11/h2-5,8-10,16,22H,6-7H2,1H3. The molecule has 3 rings (SSSR count). The van der Waals surface area contributed by atoms with Gasteiger partial charge >= 0.3 is 0 Å². The molecule has 4 nitrogen and oxygen atoms in total. The van der Waals surface area contributed by atoms with E-state index in [1.807, 2.05) is 24.1 Å². The van der Waals surface area contributed by atoms with Crippen molar-refractivity contribution in [3.8, 4) is 0 Å². The summed E-state index contributed by atoms with van der Waals surface area (Å²) in [6, 6.07) is 9.95. The van der Waals surface area contributed by atoms with Gasteiger partial charge in [-0.2, -0.15) is 0 Å². The van der Waals surface area contributed by atoms with E-state index >= 15 is 0 Å². The van der Waals surface area contributed by atoms with Gasteiger partial charge in [0.2, 0.25) is 0 Å². The Morgan fingerprint density at radius 3 is 2.35 bits per heavy atom. The third-order valence-electron chi connectivity index (χ3n) is 3.94. The zero-order valence-corrected chi connectivity index (χ0v) is 12.5. The van der Waals surface area contributed by atoms with Gasteiger partial charge in [-0.05, 0) is 29.8 Å². The van der Waals surface area contributed by atoms with Crippen molar-refractivity contribution in [3.63, 3.8) is 0 Å². The normalized spacial score (nSPS) is 15.3. The van der Waals surface area contributed by atoms with Crippen LogP contribution in [0, 0.1) is 11.6 Å². The number of rotatable bonds is 2. The minimum atomic E-state index is -1.61. The molecule has 1 aliphatic rings. The van der Waals surface area contributed by atoms with Crippen molar-refractivity contribution >= 4 is 17.3 Å². The summed E-state index contributed by atoms with van der Waals surface area (Å²) in [5.74, 6) is -2.26. The molecule has 0 aliphatic carbocycles. The zero-order chi connectivity index (χ0) is 16.6. The molecule has 0 saturated heterocycles. The van der Waals surface area contributed by atoms with Gasteiger partial charge in [0.05, 0.1) is 11.4 Å². The van der Waals surface area contributed by atoms with Crippen molar-refractivity contribution in [2.24, 2.45) is 0 Å². The number of anilines is 2. The van der Waals surface area contributed by atoms with Gasteiger partial charge in [-0.1, -0.05) is 12.1 Å². The van der Waals surface area contributed by atoms with E-state index in [0.717, 1.165) is 17.8 Å². The summed E-state index contributed by atoms with van der Waals surface area (Å²) in [7, 11) is 1.92. The molecule has 1 amide bonds. The van der Waals surface area contributed by atoms with E-state index in [2.05, 4.69) is 0 Å². The molecular weight excluding hydrogens is 302 g/mol. The van der Waals surface area contributed by atoms with E-state index in [9.17, 15) is 18.7 Å². The van der Waals surface area contributed by atoms with Crippen molar-refractivity contribution in [2.45, 2.75) is 6.10 Å². The molecule has 6 heteroatoms. The van der Waals surface area contributed by atoms with Crippen molar-refractivity contribution < 1.29 is 18.7 Å². The lowest BCUT2D eigenvalue weighted by Crippen LogP contribution is -2.44. The summed E-state index contributed by atoms with van der Waals surface area (Å²) >= 11 is 0. The molecule has 0 radical (unpaired) electrons. The summed E-state index contributed by atoms with van der Waals surface area (Å²) in [6.07, 6.45) is -1.61. The van der Waals surface area contributed by atoms with Crippen molar-refractivity contribution in [1.82, 2.24) is 0 Å². The first-order chi connectivity index (χ1) is 11.0. The molecule has 2 aromatic rings. The quantitative estimate of drug-likeness (QED) is 0.925. The summed E-state index contributed by atoms with van der Waals surface area (Å²) in [5.41, 5.74) is 1.44. The Labute approximate surface area is 132 Å². The number of halogens is 2. The van der Waals surface area contributed by atoms with Gasteiger partial charge in [0.15, 0.2) is 6.10 Å². The number of hydrogen-bond donors (Lipinski definition) is 1. The number of carbonyl (C=O) groups excluding carboxylic acids is 1. The topological polar surface area (TPSA) is 43.8 Å². The molecule has 1 N–H and O–H groups in total. The number of amides is 1. The molecule has 2 aromatic carbocycles. The molecule has 0 aromatic heterocycles. The minimum Gasteiger partial charge on any atom is -0.378 e. The van der Waals surface area contributed by atoms with Gasteiger partial charge in [-0.25, -0.2) is 8.78 Å². The third-order valence-corrected chi connectivity index (χ3v) is 3.94. The van der Waals surface area contributed by atoms with Crippen molar-refractivity contribution in [3.05, 3.63) is 59.7 Å². The van der Waals surface area contributed by atoms with Crippen LogP contribution >= 0.6 is 0 Å². The van der Waals surface area contributed by atoms with Crippen LogP contribution in [-0.4, -0.2) is 31.2 Å². The average molecular weight is 318 g/mol. The van der Waals surface area contributed by atoms with E-state index in [0.29, 0.717) is 24.8 Å². The molecule has 0 fully saturated rings. The number of hydrogen-bond acceptors (Lipinski definition) is 3. The number of benzene rings is 2. The van der Waals surface area contributed by atoms with Crippen molar-refractivity contribution in [1.29, 1.82) is 0 Å². The lowest BCUT2D eigenvalue weighted by atomic mass is 10.1. The molecule has 1 unspecified atom stereocenters. The number of likely N-dealkylation sites (N-methyl/N-ethyl adjacent to an activating group) is 1. The van der Waals surface area contributed by atoms with Crippen molar-refractivity contribution in [2.75, 3.05) is 29.9 Å². The second-order valence-corrected chi connectivity index (χ2v) is 5.51. The number of aliphatic hydroxyl groups is 1. The molecular formula is C17H16F2N2O2. The van der Waals surface area contributed by atoms with Crippen LogP contribution in [0.2, 0.25) is 0 Å². The summed E-state index contributed by atoms with van der Waals surface area (Å²) < 4.78 is 26.6. The number of fused-ring (bicyclic) bond motifs is 1. The van der Waals surface area contributed by atoms with Gasteiger partial charge in [-0.15, -0.1) is 0 Å². The maximum atomic E-state index is 13.3. The highest BCUT2D eigenvalue weighted by Crippen LogP contribution is 2.33. The smallest absolute Gasteiger partial charge is 0.260 e. The van der Waals surface area contributed by atoms with Crippen LogP contribution < -0.4 is 9.80 Å². The lowest BCUT2D eigenvalue weighted by molar-refractivity contribution is -0.126. The Kier molecular flexibility index (Phi) is 4.00. The maximum absolute atomic E-state index is 13.3. The number of carbonyl (C=O) groups is 1. The Morgan fingerprint density at radius 1 is 1.09 bits per heavy atom. The number of para-hydroxylation sites is 2. The van der Waals surface area contributed by atoms with E-state index in [-0.39, 0.29) is 5.56 Å². The summed E-state index contributed by atoms with van der Waals surface area (Å²) in [6.45, 7) is 0.994. The number of aliphatic hydroxyl groups excluding tert-OH is 1. The van der Waals surface area contributed by atoms with Crippen LogP contribution in [0.15, 0.2) is 42.5 Å². The monoisotopic (exact) mass is 318 g/mol. The van der Waals surface area contributed by atoms with E-state index in [1.165, 1.54) is 4.90 Å². The Bertz CT molecular complexity index is 731. The largest absolute Gasteiger partial charge is 0.378 e. The first-order valence-corrected chi connectivity index (χ1v) is 7.23. The molecule has 1 heterocycles. The first kappa shape index (κ1) is 15.4. The average Bonchev–Trinajstić information content (AvgIpc) is 2.53. The van der Waals surface area contributed by atoms with Crippen LogP contribution in [0.25, 0.3) is 0 Å². The predicted molar refractivity (Wildman–Crippen MR) is 83.4 cm³/mol. The third kappa shape index (κ3) is 2.90.